The topological polar surface area (TPSA) is 49.7 Å². The van der Waals surface area contributed by atoms with Gasteiger partial charge < -0.3 is 5.11 Å². The second-order valence-corrected chi connectivity index (χ2v) is 3.87. The zero-order valence-corrected chi connectivity index (χ0v) is 8.33. The number of carbonyl (C=O) groups excluding carboxylic acids is 1. The lowest BCUT2D eigenvalue weighted by Gasteiger charge is -2.37. The maximum Gasteiger partial charge on any atom is 0.235 e. The molecule has 0 aromatic heterocycles. The molecule has 84 valence electrons. The summed E-state index contributed by atoms with van der Waals surface area (Å²) in [4.78, 5) is 13.9. The molecule has 1 fully saturated rings. The number of phenolic OH excluding ortho intramolecular Hbond substituents is 1. The molecule has 0 aliphatic heterocycles. The number of hydrogen-bond acceptors (Lipinski definition) is 3. The molecule has 0 radical (unpaired) electrons. The highest BCUT2D eigenvalue weighted by Gasteiger charge is 2.43. The van der Waals surface area contributed by atoms with Gasteiger partial charge in [0.15, 0.2) is 0 Å². The highest BCUT2D eigenvalue weighted by Crippen LogP contribution is 2.48. The molecule has 0 amide bonds. The molecule has 1 saturated carbocycles. The predicted octanol–water partition coefficient (Wildman–Crippen LogP) is 2.39. The van der Waals surface area contributed by atoms with Crippen molar-refractivity contribution in [3.8, 4) is 5.75 Å². The highest BCUT2D eigenvalue weighted by molar-refractivity contribution is 5.45. The summed E-state index contributed by atoms with van der Waals surface area (Å²) < 4.78 is 26.4. The number of halogens is 2. The van der Waals surface area contributed by atoms with Gasteiger partial charge in [-0.1, -0.05) is 0 Å². The van der Waals surface area contributed by atoms with Gasteiger partial charge in [-0.25, -0.2) is 13.6 Å². The maximum atomic E-state index is 13.6. The summed E-state index contributed by atoms with van der Waals surface area (Å²) in [5.41, 5.74) is -1.16. The molecule has 5 heteroatoms. The zero-order chi connectivity index (χ0) is 11.8. The van der Waals surface area contributed by atoms with Crippen LogP contribution >= 0.6 is 0 Å². The monoisotopic (exact) mass is 225 g/mol. The molecule has 0 atom stereocenters. The molecule has 0 spiro atoms. The van der Waals surface area contributed by atoms with Crippen LogP contribution in [0.4, 0.5) is 8.78 Å². The van der Waals surface area contributed by atoms with Crippen molar-refractivity contribution in [3.63, 3.8) is 0 Å². The van der Waals surface area contributed by atoms with Crippen LogP contribution in [0.1, 0.15) is 24.8 Å². The van der Waals surface area contributed by atoms with Gasteiger partial charge in [-0.2, -0.15) is 4.99 Å². The van der Waals surface area contributed by atoms with E-state index in [1.54, 1.807) is 0 Å². The molecule has 1 aliphatic carbocycles. The van der Waals surface area contributed by atoms with Gasteiger partial charge in [0.2, 0.25) is 6.08 Å². The fourth-order valence-corrected chi connectivity index (χ4v) is 2.04. The van der Waals surface area contributed by atoms with E-state index in [9.17, 15) is 18.7 Å². The van der Waals surface area contributed by atoms with Crippen molar-refractivity contribution in [2.24, 2.45) is 4.99 Å². The molecule has 1 aromatic rings. The number of hydrogen-bond donors (Lipinski definition) is 1. The molecule has 1 aliphatic rings. The van der Waals surface area contributed by atoms with Gasteiger partial charge in [-0.05, 0) is 19.3 Å². The predicted molar refractivity (Wildman–Crippen MR) is 51.7 cm³/mol. The van der Waals surface area contributed by atoms with Crippen molar-refractivity contribution < 1.29 is 18.7 Å². The number of benzene rings is 1. The van der Waals surface area contributed by atoms with E-state index < -0.39 is 22.9 Å². The summed E-state index contributed by atoms with van der Waals surface area (Å²) in [6.07, 6.45) is 3.07. The number of rotatable bonds is 2. The Hall–Kier alpha value is -1.74. The minimum absolute atomic E-state index is 0.108. The van der Waals surface area contributed by atoms with Crippen LogP contribution in [0, 0.1) is 11.6 Å². The Balaban J connectivity index is 2.58. The SMILES string of the molecule is O=C=NC1(c2c(O)cc(F)cc2F)CCC1. The molecule has 1 N–H and O–H groups in total. The Kier molecular flexibility index (Phi) is 2.48. The first-order chi connectivity index (χ1) is 7.59. The largest absolute Gasteiger partial charge is 0.507 e. The van der Waals surface area contributed by atoms with Crippen LogP contribution in [-0.2, 0) is 10.3 Å². The first kappa shape index (κ1) is 10.8. The second-order valence-electron chi connectivity index (χ2n) is 3.87. The molecule has 0 saturated heterocycles. The van der Waals surface area contributed by atoms with Crippen molar-refractivity contribution >= 4 is 6.08 Å². The van der Waals surface area contributed by atoms with Crippen molar-refractivity contribution in [2.75, 3.05) is 0 Å². The minimum atomic E-state index is -1.05. The third-order valence-electron chi connectivity index (χ3n) is 2.94. The van der Waals surface area contributed by atoms with E-state index in [2.05, 4.69) is 4.99 Å². The van der Waals surface area contributed by atoms with Gasteiger partial charge in [-0.15, -0.1) is 0 Å². The van der Waals surface area contributed by atoms with Crippen molar-refractivity contribution in [1.29, 1.82) is 0 Å². The van der Waals surface area contributed by atoms with Gasteiger partial charge in [0.25, 0.3) is 0 Å². The Bertz CT molecular complexity index is 454. The van der Waals surface area contributed by atoms with Crippen LogP contribution in [0.3, 0.4) is 0 Å². The van der Waals surface area contributed by atoms with Crippen LogP contribution in [0.15, 0.2) is 17.1 Å². The van der Waals surface area contributed by atoms with Gasteiger partial charge in [0.05, 0.1) is 5.56 Å². The number of aromatic hydroxyl groups is 1. The number of isocyanates is 1. The Labute approximate surface area is 90.4 Å². The summed E-state index contributed by atoms with van der Waals surface area (Å²) in [5, 5.41) is 9.53. The lowest BCUT2D eigenvalue weighted by molar-refractivity contribution is 0.238. The van der Waals surface area contributed by atoms with Crippen LogP contribution in [0.5, 0.6) is 5.75 Å². The Morgan fingerprint density at radius 3 is 2.50 bits per heavy atom. The average molecular weight is 225 g/mol. The number of nitrogens with zero attached hydrogens (tertiary/aromatic N) is 1. The van der Waals surface area contributed by atoms with Gasteiger partial charge in [0, 0.05) is 12.1 Å². The van der Waals surface area contributed by atoms with Gasteiger partial charge in [0.1, 0.15) is 22.9 Å². The van der Waals surface area contributed by atoms with E-state index >= 15 is 0 Å². The third-order valence-corrected chi connectivity index (χ3v) is 2.94. The minimum Gasteiger partial charge on any atom is -0.507 e. The summed E-state index contributed by atoms with van der Waals surface area (Å²) in [6, 6.07) is 1.49. The Morgan fingerprint density at radius 1 is 1.38 bits per heavy atom. The summed E-state index contributed by atoms with van der Waals surface area (Å²) in [6.45, 7) is 0. The second kappa shape index (κ2) is 3.68. The first-order valence-corrected chi connectivity index (χ1v) is 4.86. The normalized spacial score (nSPS) is 17.4. The number of aliphatic imine (C=N–C) groups is 1. The smallest absolute Gasteiger partial charge is 0.235 e. The Morgan fingerprint density at radius 2 is 2.06 bits per heavy atom. The summed E-state index contributed by atoms with van der Waals surface area (Å²) >= 11 is 0. The first-order valence-electron chi connectivity index (χ1n) is 4.86. The van der Waals surface area contributed by atoms with E-state index in [1.807, 2.05) is 0 Å². The van der Waals surface area contributed by atoms with E-state index in [4.69, 9.17) is 0 Å². The van der Waals surface area contributed by atoms with E-state index in [-0.39, 0.29) is 5.56 Å². The summed E-state index contributed by atoms with van der Waals surface area (Å²) in [7, 11) is 0. The fraction of sp³-hybridized carbons (Fsp3) is 0.364. The maximum absolute atomic E-state index is 13.6. The molecule has 1 aromatic carbocycles. The average Bonchev–Trinajstić information content (AvgIpc) is 2.12. The molecular formula is C11H9F2NO2. The lowest BCUT2D eigenvalue weighted by Crippen LogP contribution is -2.33. The standard InChI is InChI=1S/C11H9F2NO2/c12-7-4-8(13)10(9(16)5-7)11(14-6-15)2-1-3-11/h4-5,16H,1-3H2. The van der Waals surface area contributed by atoms with Crippen molar-refractivity contribution in [2.45, 2.75) is 24.8 Å². The number of phenols is 1. The lowest BCUT2D eigenvalue weighted by atomic mass is 9.72. The van der Waals surface area contributed by atoms with Gasteiger partial charge in [-0.3, -0.25) is 0 Å². The van der Waals surface area contributed by atoms with Crippen LogP contribution in [0.25, 0.3) is 0 Å². The molecule has 0 unspecified atom stereocenters. The molecular weight excluding hydrogens is 216 g/mol. The van der Waals surface area contributed by atoms with E-state index in [0.29, 0.717) is 18.9 Å². The van der Waals surface area contributed by atoms with Crippen LogP contribution in [0.2, 0.25) is 0 Å². The zero-order valence-electron chi connectivity index (χ0n) is 8.33. The van der Waals surface area contributed by atoms with Crippen molar-refractivity contribution in [3.05, 3.63) is 29.3 Å². The molecule has 0 bridgehead atoms. The van der Waals surface area contributed by atoms with Gasteiger partial charge >= 0.3 is 0 Å². The quantitative estimate of drug-likeness (QED) is 0.620. The van der Waals surface area contributed by atoms with Crippen LogP contribution in [-0.4, -0.2) is 11.2 Å². The highest BCUT2D eigenvalue weighted by atomic mass is 19.1. The van der Waals surface area contributed by atoms with Crippen molar-refractivity contribution in [1.82, 2.24) is 0 Å². The summed E-state index contributed by atoms with van der Waals surface area (Å²) in [5.74, 6) is -2.24. The fourth-order valence-electron chi connectivity index (χ4n) is 2.04. The van der Waals surface area contributed by atoms with Crippen LogP contribution < -0.4 is 0 Å². The molecule has 3 nitrogen and oxygen atoms in total. The van der Waals surface area contributed by atoms with E-state index in [0.717, 1.165) is 12.5 Å². The van der Waals surface area contributed by atoms with E-state index in [1.165, 1.54) is 6.08 Å². The molecule has 16 heavy (non-hydrogen) atoms. The molecule has 0 heterocycles. The molecule has 2 rings (SSSR count). The third kappa shape index (κ3) is 1.49.